The van der Waals surface area contributed by atoms with Gasteiger partial charge in [-0.2, -0.15) is 5.10 Å². The molecule has 1 aromatic heterocycles. The minimum atomic E-state index is -0.415. The Labute approximate surface area is 111 Å². The SMILES string of the molecule is CCc1nn(C)cc1NC(C)c1ccc(O)cc1F. The van der Waals surface area contributed by atoms with E-state index in [0.717, 1.165) is 23.9 Å². The fourth-order valence-corrected chi connectivity index (χ4v) is 2.09. The zero-order chi connectivity index (χ0) is 14.0. The molecule has 0 aliphatic heterocycles. The molecule has 4 nitrogen and oxygen atoms in total. The zero-order valence-corrected chi connectivity index (χ0v) is 11.3. The second-order valence-corrected chi connectivity index (χ2v) is 4.59. The first-order valence-electron chi connectivity index (χ1n) is 6.28. The summed E-state index contributed by atoms with van der Waals surface area (Å²) < 4.78 is 15.5. The van der Waals surface area contributed by atoms with E-state index >= 15 is 0 Å². The highest BCUT2D eigenvalue weighted by Gasteiger charge is 2.14. The van der Waals surface area contributed by atoms with Gasteiger partial charge in [0.2, 0.25) is 0 Å². The summed E-state index contributed by atoms with van der Waals surface area (Å²) in [5, 5.41) is 16.8. The summed E-state index contributed by atoms with van der Waals surface area (Å²) in [4.78, 5) is 0. The monoisotopic (exact) mass is 263 g/mol. The Morgan fingerprint density at radius 2 is 2.21 bits per heavy atom. The van der Waals surface area contributed by atoms with Gasteiger partial charge >= 0.3 is 0 Å². The maximum atomic E-state index is 13.8. The topological polar surface area (TPSA) is 50.1 Å². The molecule has 0 bridgehead atoms. The summed E-state index contributed by atoms with van der Waals surface area (Å²) in [5.41, 5.74) is 2.38. The highest BCUT2D eigenvalue weighted by atomic mass is 19.1. The van der Waals surface area contributed by atoms with E-state index in [-0.39, 0.29) is 11.8 Å². The van der Waals surface area contributed by atoms with Crippen molar-refractivity contribution in [3.05, 3.63) is 41.5 Å². The Kier molecular flexibility index (Phi) is 3.74. The summed E-state index contributed by atoms with van der Waals surface area (Å²) in [6, 6.07) is 4.00. The van der Waals surface area contributed by atoms with Gasteiger partial charge in [0.1, 0.15) is 11.6 Å². The predicted octanol–water partition coefficient (Wildman–Crippen LogP) is 3.00. The van der Waals surface area contributed by atoms with Gasteiger partial charge in [-0.1, -0.05) is 13.0 Å². The lowest BCUT2D eigenvalue weighted by molar-refractivity contribution is 0.467. The van der Waals surface area contributed by atoms with Crippen molar-refractivity contribution in [2.75, 3.05) is 5.32 Å². The Morgan fingerprint density at radius 1 is 1.47 bits per heavy atom. The van der Waals surface area contributed by atoms with Crippen LogP contribution in [0.1, 0.15) is 31.1 Å². The molecule has 0 aliphatic carbocycles. The number of anilines is 1. The van der Waals surface area contributed by atoms with E-state index in [1.54, 1.807) is 10.7 Å². The average Bonchev–Trinajstić information content (AvgIpc) is 2.69. The first-order valence-corrected chi connectivity index (χ1v) is 6.28. The number of rotatable bonds is 4. The predicted molar refractivity (Wildman–Crippen MR) is 72.7 cm³/mol. The molecule has 2 rings (SSSR count). The molecular formula is C14H18FN3O. The fraction of sp³-hybridized carbons (Fsp3) is 0.357. The Bertz CT molecular complexity index is 580. The molecule has 2 aromatic rings. The van der Waals surface area contributed by atoms with Gasteiger partial charge in [-0.05, 0) is 19.4 Å². The number of hydrogen-bond acceptors (Lipinski definition) is 3. The summed E-state index contributed by atoms with van der Waals surface area (Å²) in [5.74, 6) is -0.481. The number of phenolic OH excluding ortho intramolecular Hbond substituents is 1. The summed E-state index contributed by atoms with van der Waals surface area (Å²) in [7, 11) is 1.86. The molecule has 5 heteroatoms. The van der Waals surface area contributed by atoms with Crippen LogP contribution in [0.15, 0.2) is 24.4 Å². The molecule has 1 unspecified atom stereocenters. The number of nitrogens with one attached hydrogen (secondary N) is 1. The van der Waals surface area contributed by atoms with E-state index in [4.69, 9.17) is 0 Å². The minimum absolute atomic E-state index is 0.0657. The molecule has 0 radical (unpaired) electrons. The van der Waals surface area contributed by atoms with Crippen LogP contribution < -0.4 is 5.32 Å². The summed E-state index contributed by atoms with van der Waals surface area (Å²) in [6.45, 7) is 3.90. The number of aryl methyl sites for hydroxylation is 2. The number of aromatic nitrogens is 2. The maximum Gasteiger partial charge on any atom is 0.132 e. The van der Waals surface area contributed by atoms with E-state index in [9.17, 15) is 9.50 Å². The lowest BCUT2D eigenvalue weighted by Crippen LogP contribution is -2.09. The molecule has 0 spiro atoms. The molecule has 0 saturated heterocycles. The van der Waals surface area contributed by atoms with Gasteiger partial charge in [-0.3, -0.25) is 4.68 Å². The van der Waals surface area contributed by atoms with E-state index < -0.39 is 5.82 Å². The van der Waals surface area contributed by atoms with Crippen molar-refractivity contribution in [1.82, 2.24) is 9.78 Å². The Balaban J connectivity index is 2.22. The maximum absolute atomic E-state index is 13.8. The van der Waals surface area contributed by atoms with E-state index in [1.165, 1.54) is 6.07 Å². The normalized spacial score (nSPS) is 12.4. The molecule has 102 valence electrons. The van der Waals surface area contributed by atoms with Crippen molar-refractivity contribution in [1.29, 1.82) is 0 Å². The van der Waals surface area contributed by atoms with Gasteiger partial charge in [-0.15, -0.1) is 0 Å². The molecular weight excluding hydrogens is 245 g/mol. The van der Waals surface area contributed by atoms with E-state index in [1.807, 2.05) is 27.1 Å². The third-order valence-electron chi connectivity index (χ3n) is 3.06. The standard InChI is InChI=1S/C14H18FN3O/c1-4-13-14(8-18(3)17-13)16-9(2)11-6-5-10(19)7-12(11)15/h5-9,16,19H,4H2,1-3H3. The molecule has 0 aliphatic rings. The molecule has 2 N–H and O–H groups in total. The van der Waals surface area contributed by atoms with Gasteiger partial charge in [0.05, 0.1) is 17.4 Å². The molecule has 1 atom stereocenters. The Morgan fingerprint density at radius 3 is 2.84 bits per heavy atom. The lowest BCUT2D eigenvalue weighted by Gasteiger charge is -2.16. The number of halogens is 1. The molecule has 1 heterocycles. The van der Waals surface area contributed by atoms with Crippen LogP contribution in [0.4, 0.5) is 10.1 Å². The van der Waals surface area contributed by atoms with Crippen LogP contribution in [0.25, 0.3) is 0 Å². The third-order valence-corrected chi connectivity index (χ3v) is 3.06. The van der Waals surface area contributed by atoms with Crippen LogP contribution in [-0.4, -0.2) is 14.9 Å². The second kappa shape index (κ2) is 5.30. The smallest absolute Gasteiger partial charge is 0.132 e. The minimum Gasteiger partial charge on any atom is -0.508 e. The highest BCUT2D eigenvalue weighted by Crippen LogP contribution is 2.25. The van der Waals surface area contributed by atoms with Crippen molar-refractivity contribution in [3.63, 3.8) is 0 Å². The van der Waals surface area contributed by atoms with Crippen molar-refractivity contribution < 1.29 is 9.50 Å². The molecule has 0 amide bonds. The van der Waals surface area contributed by atoms with E-state index in [2.05, 4.69) is 10.4 Å². The van der Waals surface area contributed by atoms with Crippen LogP contribution in [0.5, 0.6) is 5.75 Å². The van der Waals surface area contributed by atoms with Gasteiger partial charge in [0, 0.05) is 24.9 Å². The number of nitrogens with zero attached hydrogens (tertiary/aromatic N) is 2. The molecule has 1 aromatic carbocycles. The average molecular weight is 263 g/mol. The lowest BCUT2D eigenvalue weighted by atomic mass is 10.1. The van der Waals surface area contributed by atoms with E-state index in [0.29, 0.717) is 5.56 Å². The number of benzene rings is 1. The van der Waals surface area contributed by atoms with Crippen molar-refractivity contribution >= 4 is 5.69 Å². The third kappa shape index (κ3) is 2.86. The molecule has 0 fully saturated rings. The molecule has 0 saturated carbocycles. The van der Waals surface area contributed by atoms with Gasteiger partial charge in [-0.25, -0.2) is 4.39 Å². The molecule has 19 heavy (non-hydrogen) atoms. The van der Waals surface area contributed by atoms with Crippen molar-refractivity contribution in [2.24, 2.45) is 7.05 Å². The van der Waals surface area contributed by atoms with Gasteiger partial charge < -0.3 is 10.4 Å². The second-order valence-electron chi connectivity index (χ2n) is 4.59. The number of hydrogen-bond donors (Lipinski definition) is 2. The van der Waals surface area contributed by atoms with Crippen LogP contribution in [0.3, 0.4) is 0 Å². The highest BCUT2D eigenvalue weighted by molar-refractivity contribution is 5.48. The van der Waals surface area contributed by atoms with Crippen LogP contribution >= 0.6 is 0 Å². The Hall–Kier alpha value is -2.04. The van der Waals surface area contributed by atoms with Gasteiger partial charge in [0.15, 0.2) is 0 Å². The van der Waals surface area contributed by atoms with Gasteiger partial charge in [0.25, 0.3) is 0 Å². The van der Waals surface area contributed by atoms with Crippen LogP contribution in [0.2, 0.25) is 0 Å². The first-order chi connectivity index (χ1) is 9.01. The number of aromatic hydroxyl groups is 1. The fourth-order valence-electron chi connectivity index (χ4n) is 2.09. The quantitative estimate of drug-likeness (QED) is 0.891. The largest absolute Gasteiger partial charge is 0.508 e. The zero-order valence-electron chi connectivity index (χ0n) is 11.3. The summed E-state index contributed by atoms with van der Waals surface area (Å²) in [6.07, 6.45) is 2.70. The number of phenols is 1. The summed E-state index contributed by atoms with van der Waals surface area (Å²) >= 11 is 0. The van der Waals surface area contributed by atoms with Crippen LogP contribution in [0, 0.1) is 5.82 Å². The van der Waals surface area contributed by atoms with Crippen LogP contribution in [-0.2, 0) is 13.5 Å². The first kappa shape index (κ1) is 13.4. The van der Waals surface area contributed by atoms with Crippen molar-refractivity contribution in [3.8, 4) is 5.75 Å². The van der Waals surface area contributed by atoms with Crippen molar-refractivity contribution in [2.45, 2.75) is 26.3 Å².